The topological polar surface area (TPSA) is 99.5 Å². The Balaban J connectivity index is 1.37. The van der Waals surface area contributed by atoms with E-state index in [0.717, 1.165) is 9.15 Å². The predicted octanol–water partition coefficient (Wildman–Crippen LogP) is 4.29. The fourth-order valence-corrected chi connectivity index (χ4v) is 2.75. The third kappa shape index (κ3) is 4.64. The minimum absolute atomic E-state index is 0.0160. The van der Waals surface area contributed by atoms with Gasteiger partial charge in [0.15, 0.2) is 5.76 Å². The molecule has 0 radical (unpaired) electrons. The first-order valence-electron chi connectivity index (χ1n) is 8.52. The van der Waals surface area contributed by atoms with E-state index in [-0.39, 0.29) is 12.4 Å². The summed E-state index contributed by atoms with van der Waals surface area (Å²) in [7, 11) is 0. The molecule has 29 heavy (non-hydrogen) atoms. The van der Waals surface area contributed by atoms with E-state index >= 15 is 0 Å². The van der Waals surface area contributed by atoms with Crippen molar-refractivity contribution in [2.75, 3.05) is 5.32 Å². The van der Waals surface area contributed by atoms with Crippen LogP contribution in [-0.2, 0) is 11.3 Å². The van der Waals surface area contributed by atoms with Crippen LogP contribution in [0.25, 0.3) is 11.7 Å². The first kappa shape index (κ1) is 18.8. The van der Waals surface area contributed by atoms with Crippen molar-refractivity contribution in [1.29, 1.82) is 0 Å². The summed E-state index contributed by atoms with van der Waals surface area (Å²) in [5.74, 6) is 0.478. The minimum Gasteiger partial charge on any atom is -0.459 e. The summed E-state index contributed by atoms with van der Waals surface area (Å²) in [6.07, 6.45) is 1.44. The first-order valence-corrected chi connectivity index (χ1v) is 9.31. The van der Waals surface area contributed by atoms with Crippen molar-refractivity contribution in [2.24, 2.45) is 0 Å². The smallest absolute Gasteiger partial charge is 0.437 e. The van der Waals surface area contributed by atoms with E-state index in [4.69, 9.17) is 13.6 Å². The number of halogens is 1. The van der Waals surface area contributed by atoms with E-state index in [0.29, 0.717) is 22.9 Å². The second kappa shape index (κ2) is 8.19. The predicted molar refractivity (Wildman–Crippen MR) is 108 cm³/mol. The number of anilines is 1. The summed E-state index contributed by atoms with van der Waals surface area (Å²) >= 11 is 3.37. The number of carbonyl (C=O) groups excluding carboxylic acids is 1. The Labute approximate surface area is 172 Å². The van der Waals surface area contributed by atoms with Gasteiger partial charge in [-0.05, 0) is 60.7 Å². The van der Waals surface area contributed by atoms with E-state index in [1.165, 1.54) is 6.26 Å². The van der Waals surface area contributed by atoms with Crippen LogP contribution in [0.15, 0.2) is 85.0 Å². The molecule has 0 saturated carbocycles. The Bertz CT molecular complexity index is 1160. The molecule has 0 unspecified atom stereocenters. The molecule has 0 atom stereocenters. The van der Waals surface area contributed by atoms with Gasteiger partial charge in [0.05, 0.1) is 6.26 Å². The fourth-order valence-electron chi connectivity index (χ4n) is 2.49. The van der Waals surface area contributed by atoms with Crippen molar-refractivity contribution < 1.29 is 18.4 Å². The van der Waals surface area contributed by atoms with Crippen LogP contribution in [0.4, 0.5) is 5.69 Å². The molecule has 8 nitrogen and oxygen atoms in total. The molecular weight excluding hydrogens is 442 g/mol. The first-order chi connectivity index (χ1) is 14.1. The molecule has 146 valence electrons. The maximum Gasteiger partial charge on any atom is 0.437 e. The van der Waals surface area contributed by atoms with Gasteiger partial charge in [0.1, 0.15) is 18.0 Å². The highest BCUT2D eigenvalue weighted by atomic mass is 79.9. The minimum atomic E-state index is -0.746. The molecule has 2 aromatic heterocycles. The molecule has 1 N–H and O–H groups in total. The molecule has 2 aromatic carbocycles. The number of amides is 1. The molecule has 0 aliphatic heterocycles. The van der Waals surface area contributed by atoms with Gasteiger partial charge in [0, 0.05) is 10.2 Å². The standard InChI is InChI=1S/C20H14BrN3O5/c21-13-3-7-15(8-4-13)28-16-9-5-14(6-10-16)22-18(25)12-24-20(26)29-19(23-24)17-2-1-11-27-17/h1-11H,12H2,(H,22,25). The SMILES string of the molecule is O=C(Cn1nc(-c2ccco2)oc1=O)Nc1ccc(Oc2ccc(Br)cc2)cc1. The third-order valence-corrected chi connectivity index (χ3v) is 4.35. The summed E-state index contributed by atoms with van der Waals surface area (Å²) in [5, 5.41) is 6.66. The van der Waals surface area contributed by atoms with Gasteiger partial charge in [0.25, 0.3) is 5.89 Å². The van der Waals surface area contributed by atoms with Gasteiger partial charge in [-0.1, -0.05) is 15.9 Å². The number of nitrogens with zero attached hydrogens (tertiary/aromatic N) is 2. The van der Waals surface area contributed by atoms with E-state index in [9.17, 15) is 9.59 Å². The normalized spacial score (nSPS) is 10.7. The highest BCUT2D eigenvalue weighted by Gasteiger charge is 2.15. The summed E-state index contributed by atoms with van der Waals surface area (Å²) in [6, 6.07) is 17.6. The summed E-state index contributed by atoms with van der Waals surface area (Å²) in [6.45, 7) is -0.291. The number of ether oxygens (including phenoxy) is 1. The molecule has 1 amide bonds. The van der Waals surface area contributed by atoms with Crippen LogP contribution < -0.4 is 15.8 Å². The lowest BCUT2D eigenvalue weighted by atomic mass is 10.3. The molecule has 0 fully saturated rings. The van der Waals surface area contributed by atoms with Gasteiger partial charge in [-0.2, -0.15) is 4.68 Å². The van der Waals surface area contributed by atoms with Crippen LogP contribution in [-0.4, -0.2) is 15.7 Å². The molecule has 0 spiro atoms. The summed E-state index contributed by atoms with van der Waals surface area (Å²) < 4.78 is 17.7. The van der Waals surface area contributed by atoms with Gasteiger partial charge < -0.3 is 18.9 Å². The zero-order valence-electron chi connectivity index (χ0n) is 14.9. The van der Waals surface area contributed by atoms with E-state index in [2.05, 4.69) is 26.3 Å². The Morgan fingerprint density at radius 3 is 2.41 bits per heavy atom. The molecule has 0 saturated heterocycles. The Kier molecular flexibility index (Phi) is 5.30. The zero-order valence-corrected chi connectivity index (χ0v) is 16.5. The third-order valence-electron chi connectivity index (χ3n) is 3.82. The van der Waals surface area contributed by atoms with Crippen molar-refractivity contribution in [3.63, 3.8) is 0 Å². The average molecular weight is 456 g/mol. The lowest BCUT2D eigenvalue weighted by molar-refractivity contribution is -0.117. The molecule has 2 heterocycles. The number of hydrogen-bond acceptors (Lipinski definition) is 6. The largest absolute Gasteiger partial charge is 0.459 e. The highest BCUT2D eigenvalue weighted by Crippen LogP contribution is 2.24. The molecule has 4 rings (SSSR count). The second-order valence-corrected chi connectivity index (χ2v) is 6.85. The molecule has 0 bridgehead atoms. The molecule has 9 heteroatoms. The number of carbonyl (C=O) groups is 1. The van der Waals surface area contributed by atoms with Gasteiger partial charge in [0.2, 0.25) is 5.91 Å². The Hall–Kier alpha value is -3.59. The lowest BCUT2D eigenvalue weighted by Crippen LogP contribution is -2.25. The summed E-state index contributed by atoms with van der Waals surface area (Å²) in [4.78, 5) is 24.1. The number of benzene rings is 2. The van der Waals surface area contributed by atoms with Crippen LogP contribution in [0, 0.1) is 0 Å². The van der Waals surface area contributed by atoms with E-state index in [1.807, 2.05) is 24.3 Å². The van der Waals surface area contributed by atoms with Crippen LogP contribution in [0.1, 0.15) is 0 Å². The van der Waals surface area contributed by atoms with Crippen LogP contribution in [0.3, 0.4) is 0 Å². The second-order valence-electron chi connectivity index (χ2n) is 5.94. The monoisotopic (exact) mass is 455 g/mol. The summed E-state index contributed by atoms with van der Waals surface area (Å²) in [5.41, 5.74) is 0.556. The molecular formula is C20H14BrN3O5. The van der Waals surface area contributed by atoms with Crippen LogP contribution in [0.5, 0.6) is 11.5 Å². The van der Waals surface area contributed by atoms with Crippen molar-refractivity contribution in [2.45, 2.75) is 6.54 Å². The van der Waals surface area contributed by atoms with Crippen molar-refractivity contribution in [3.8, 4) is 23.1 Å². The van der Waals surface area contributed by atoms with Crippen molar-refractivity contribution in [1.82, 2.24) is 9.78 Å². The molecule has 0 aliphatic rings. The maximum atomic E-state index is 12.2. The van der Waals surface area contributed by atoms with Crippen LogP contribution >= 0.6 is 15.9 Å². The maximum absolute atomic E-state index is 12.2. The van der Waals surface area contributed by atoms with Gasteiger partial charge >= 0.3 is 5.76 Å². The highest BCUT2D eigenvalue weighted by molar-refractivity contribution is 9.10. The Morgan fingerprint density at radius 2 is 1.76 bits per heavy atom. The van der Waals surface area contributed by atoms with Crippen molar-refractivity contribution >= 4 is 27.5 Å². The number of aromatic nitrogens is 2. The number of nitrogens with one attached hydrogen (secondary N) is 1. The average Bonchev–Trinajstić information content (AvgIpc) is 3.36. The fraction of sp³-hybridized carbons (Fsp3) is 0.0500. The number of furan rings is 1. The lowest BCUT2D eigenvalue weighted by Gasteiger charge is -2.08. The van der Waals surface area contributed by atoms with Crippen molar-refractivity contribution in [3.05, 3.63) is 82.0 Å². The van der Waals surface area contributed by atoms with Gasteiger partial charge in [-0.3, -0.25) is 4.79 Å². The molecule has 0 aliphatic carbocycles. The number of hydrogen-bond donors (Lipinski definition) is 1. The van der Waals surface area contributed by atoms with Crippen LogP contribution in [0.2, 0.25) is 0 Å². The zero-order chi connectivity index (χ0) is 20.2. The van der Waals surface area contributed by atoms with Gasteiger partial charge in [-0.15, -0.1) is 5.10 Å². The van der Waals surface area contributed by atoms with Gasteiger partial charge in [-0.25, -0.2) is 4.79 Å². The van der Waals surface area contributed by atoms with E-state index < -0.39 is 11.7 Å². The van der Waals surface area contributed by atoms with E-state index in [1.54, 1.807) is 36.4 Å². The quantitative estimate of drug-likeness (QED) is 0.465. The number of rotatable bonds is 6. The Morgan fingerprint density at radius 1 is 1.07 bits per heavy atom. The molecule has 4 aromatic rings.